The third-order valence-electron chi connectivity index (χ3n) is 8.62. The number of aliphatic hydroxyl groups is 1. The molecule has 0 spiro atoms. The smallest absolute Gasteiger partial charge is 0.0543 e. The molecule has 1 nitrogen and oxygen atoms in total. The number of rotatable bonds is 1. The fraction of sp³-hybridized carbons (Fsp3) is 1.00. The van der Waals surface area contributed by atoms with Crippen LogP contribution in [-0.2, 0) is 0 Å². The summed E-state index contributed by atoms with van der Waals surface area (Å²) in [6.07, 6.45) is 13.9. The molecule has 4 rings (SSSR count). The van der Waals surface area contributed by atoms with E-state index in [1.807, 2.05) is 0 Å². The molecule has 4 aliphatic rings. The van der Waals surface area contributed by atoms with Crippen LogP contribution in [0.1, 0.15) is 78.1 Å². The first-order chi connectivity index (χ1) is 10.1. The number of aliphatic hydroxyl groups excluding tert-OH is 1. The topological polar surface area (TPSA) is 20.2 Å². The zero-order chi connectivity index (χ0) is 14.6. The van der Waals surface area contributed by atoms with Gasteiger partial charge in [-0.05, 0) is 98.7 Å². The second-order valence-electron chi connectivity index (χ2n) is 9.13. The molecule has 4 saturated carbocycles. The van der Waals surface area contributed by atoms with Crippen LogP contribution in [0.3, 0.4) is 0 Å². The molecule has 0 saturated heterocycles. The van der Waals surface area contributed by atoms with Gasteiger partial charge in [-0.25, -0.2) is 0 Å². The number of fused-ring (bicyclic) bond motifs is 5. The van der Waals surface area contributed by atoms with E-state index in [1.165, 1.54) is 51.4 Å². The lowest BCUT2D eigenvalue weighted by molar-refractivity contribution is -0.0773. The van der Waals surface area contributed by atoms with Crippen molar-refractivity contribution in [2.24, 2.45) is 40.9 Å². The molecule has 1 N–H and O–H groups in total. The Hall–Kier alpha value is -0.0400. The summed E-state index contributed by atoms with van der Waals surface area (Å²) in [5.41, 5.74) is 0.678. The maximum Gasteiger partial charge on any atom is 0.0543 e. The van der Waals surface area contributed by atoms with Crippen LogP contribution in [0.25, 0.3) is 0 Å². The monoisotopic (exact) mass is 290 g/mol. The van der Waals surface area contributed by atoms with Gasteiger partial charge in [0.25, 0.3) is 0 Å². The van der Waals surface area contributed by atoms with Gasteiger partial charge in [-0.15, -0.1) is 0 Å². The Kier molecular flexibility index (Phi) is 3.64. The second-order valence-corrected chi connectivity index (χ2v) is 9.13. The zero-order valence-corrected chi connectivity index (χ0v) is 14.1. The van der Waals surface area contributed by atoms with Gasteiger partial charge in [-0.1, -0.05) is 20.3 Å². The van der Waals surface area contributed by atoms with Gasteiger partial charge in [0.2, 0.25) is 0 Å². The Bertz CT molecular complexity index is 391. The summed E-state index contributed by atoms with van der Waals surface area (Å²) >= 11 is 0. The molecule has 0 bridgehead atoms. The van der Waals surface area contributed by atoms with E-state index in [1.54, 1.807) is 0 Å². The van der Waals surface area contributed by atoms with E-state index >= 15 is 0 Å². The number of hydrogen-bond acceptors (Lipinski definition) is 1. The fourth-order valence-corrected chi connectivity index (χ4v) is 7.61. The van der Waals surface area contributed by atoms with Gasteiger partial charge >= 0.3 is 0 Å². The Labute approximate surface area is 130 Å². The lowest BCUT2D eigenvalue weighted by atomic mass is 9.49. The van der Waals surface area contributed by atoms with Crippen molar-refractivity contribution in [1.29, 1.82) is 0 Å². The normalized spacial score (nSPS) is 56.4. The van der Waals surface area contributed by atoms with Crippen LogP contribution >= 0.6 is 0 Å². The Balaban J connectivity index is 1.55. The third-order valence-corrected chi connectivity index (χ3v) is 8.62. The first-order valence-electron chi connectivity index (χ1n) is 9.81. The molecular formula is C20H34O. The molecule has 120 valence electrons. The Morgan fingerprint density at radius 2 is 1.71 bits per heavy atom. The van der Waals surface area contributed by atoms with Gasteiger partial charge in [-0.2, -0.15) is 0 Å². The molecule has 0 aromatic heterocycles. The highest BCUT2D eigenvalue weighted by molar-refractivity contribution is 5.05. The van der Waals surface area contributed by atoms with Crippen LogP contribution in [-0.4, -0.2) is 11.2 Å². The maximum atomic E-state index is 10.0. The van der Waals surface area contributed by atoms with E-state index in [-0.39, 0.29) is 6.10 Å². The van der Waals surface area contributed by atoms with Gasteiger partial charge in [0.1, 0.15) is 0 Å². The first-order valence-corrected chi connectivity index (χ1v) is 9.81. The van der Waals surface area contributed by atoms with E-state index in [0.29, 0.717) is 5.41 Å². The standard InChI is InChI=1S/C20H34O/c1-3-14-5-9-19-18-7-4-13-12-15(21)6-8-16(13)17(18)10-11-20(14,19)2/h13-19,21H,3-12H2,1-2H3. The molecule has 0 aliphatic heterocycles. The van der Waals surface area contributed by atoms with Crippen molar-refractivity contribution in [2.45, 2.75) is 84.2 Å². The molecule has 0 amide bonds. The molecular weight excluding hydrogens is 256 g/mol. The van der Waals surface area contributed by atoms with Crippen molar-refractivity contribution < 1.29 is 5.11 Å². The van der Waals surface area contributed by atoms with E-state index in [2.05, 4.69) is 13.8 Å². The molecule has 0 aromatic rings. The lowest BCUT2D eigenvalue weighted by Crippen LogP contribution is -2.48. The van der Waals surface area contributed by atoms with Gasteiger partial charge in [0, 0.05) is 0 Å². The van der Waals surface area contributed by atoms with Crippen LogP contribution in [0.15, 0.2) is 0 Å². The highest BCUT2D eigenvalue weighted by Crippen LogP contribution is 2.64. The average molecular weight is 290 g/mol. The molecule has 1 heteroatoms. The van der Waals surface area contributed by atoms with E-state index < -0.39 is 0 Å². The molecule has 0 heterocycles. The Morgan fingerprint density at radius 3 is 2.52 bits per heavy atom. The van der Waals surface area contributed by atoms with E-state index in [9.17, 15) is 5.11 Å². The van der Waals surface area contributed by atoms with Crippen molar-refractivity contribution in [3.05, 3.63) is 0 Å². The summed E-state index contributed by atoms with van der Waals surface area (Å²) in [4.78, 5) is 0. The molecule has 4 aliphatic carbocycles. The summed E-state index contributed by atoms with van der Waals surface area (Å²) in [5.74, 6) is 5.94. The summed E-state index contributed by atoms with van der Waals surface area (Å²) in [5, 5.41) is 10.0. The molecule has 8 atom stereocenters. The van der Waals surface area contributed by atoms with Crippen molar-refractivity contribution >= 4 is 0 Å². The number of hydrogen-bond donors (Lipinski definition) is 1. The molecule has 0 aromatic carbocycles. The van der Waals surface area contributed by atoms with Crippen molar-refractivity contribution in [3.8, 4) is 0 Å². The third kappa shape index (κ3) is 2.13. The van der Waals surface area contributed by atoms with Crippen LogP contribution in [0.4, 0.5) is 0 Å². The molecule has 4 fully saturated rings. The summed E-state index contributed by atoms with van der Waals surface area (Å²) in [6.45, 7) is 5.07. The average Bonchev–Trinajstić information content (AvgIpc) is 2.83. The van der Waals surface area contributed by atoms with Gasteiger partial charge in [-0.3, -0.25) is 0 Å². The minimum Gasteiger partial charge on any atom is -0.393 e. The second kappa shape index (κ2) is 5.25. The largest absolute Gasteiger partial charge is 0.393 e. The molecule has 0 radical (unpaired) electrons. The molecule has 8 unspecified atom stereocenters. The minimum atomic E-state index is 0.0209. The van der Waals surface area contributed by atoms with Crippen LogP contribution in [0.2, 0.25) is 0 Å². The van der Waals surface area contributed by atoms with Gasteiger partial charge < -0.3 is 5.11 Å². The Morgan fingerprint density at radius 1 is 0.905 bits per heavy atom. The SMILES string of the molecule is CCC1CCC2C3CCC4CC(O)CCC4C3CCC12C. The summed E-state index contributed by atoms with van der Waals surface area (Å²) in [6, 6.07) is 0. The predicted molar refractivity (Wildman–Crippen MR) is 86.9 cm³/mol. The van der Waals surface area contributed by atoms with E-state index in [4.69, 9.17) is 0 Å². The zero-order valence-electron chi connectivity index (χ0n) is 14.1. The predicted octanol–water partition coefficient (Wildman–Crippen LogP) is 5.03. The quantitative estimate of drug-likeness (QED) is 0.718. The van der Waals surface area contributed by atoms with Crippen molar-refractivity contribution in [2.75, 3.05) is 0 Å². The van der Waals surface area contributed by atoms with E-state index in [0.717, 1.165) is 48.3 Å². The van der Waals surface area contributed by atoms with Crippen LogP contribution in [0.5, 0.6) is 0 Å². The lowest BCUT2D eigenvalue weighted by Gasteiger charge is -2.56. The summed E-state index contributed by atoms with van der Waals surface area (Å²) in [7, 11) is 0. The van der Waals surface area contributed by atoms with Gasteiger partial charge in [0.15, 0.2) is 0 Å². The van der Waals surface area contributed by atoms with Crippen LogP contribution < -0.4 is 0 Å². The first kappa shape index (κ1) is 14.5. The summed E-state index contributed by atoms with van der Waals surface area (Å²) < 4.78 is 0. The van der Waals surface area contributed by atoms with Crippen molar-refractivity contribution in [1.82, 2.24) is 0 Å². The minimum absolute atomic E-state index is 0.0209. The van der Waals surface area contributed by atoms with Crippen molar-refractivity contribution in [3.63, 3.8) is 0 Å². The highest BCUT2D eigenvalue weighted by Gasteiger charge is 2.56. The maximum absolute atomic E-state index is 10.0. The fourth-order valence-electron chi connectivity index (χ4n) is 7.61. The molecule has 21 heavy (non-hydrogen) atoms. The van der Waals surface area contributed by atoms with Crippen LogP contribution in [0, 0.1) is 40.9 Å². The van der Waals surface area contributed by atoms with Gasteiger partial charge in [0.05, 0.1) is 6.10 Å². The highest BCUT2D eigenvalue weighted by atomic mass is 16.3.